The van der Waals surface area contributed by atoms with Crippen LogP contribution in [0.4, 0.5) is 0 Å². The summed E-state index contributed by atoms with van der Waals surface area (Å²) in [5.41, 5.74) is -1.51. The molecule has 116 valence electrons. The standard InChI is InChI=1S/C17H30O3/c1-6-15(4,5)14(18)20-17-9-12(2)7-16(19,11-17)8-13(3)10-17/h12-13,19H,6-11H2,1-5H3. The maximum Gasteiger partial charge on any atom is 0.312 e. The fourth-order valence-corrected chi connectivity index (χ4v) is 4.37. The molecule has 0 aromatic heterocycles. The van der Waals surface area contributed by atoms with Crippen LogP contribution in [0.1, 0.15) is 73.1 Å². The van der Waals surface area contributed by atoms with Crippen LogP contribution in [0.5, 0.6) is 0 Å². The molecule has 2 fully saturated rings. The molecule has 2 aliphatic rings. The van der Waals surface area contributed by atoms with Crippen LogP contribution in [0.3, 0.4) is 0 Å². The van der Waals surface area contributed by atoms with Crippen molar-refractivity contribution < 1.29 is 14.6 Å². The zero-order valence-corrected chi connectivity index (χ0v) is 13.7. The fourth-order valence-electron chi connectivity index (χ4n) is 4.37. The summed E-state index contributed by atoms with van der Waals surface area (Å²) in [6.45, 7) is 10.2. The van der Waals surface area contributed by atoms with E-state index >= 15 is 0 Å². The number of rotatable bonds is 3. The van der Waals surface area contributed by atoms with Gasteiger partial charge in [0.1, 0.15) is 5.60 Å². The second-order valence-corrected chi connectivity index (χ2v) is 8.24. The number of carbonyl (C=O) groups excluding carboxylic acids is 1. The maximum atomic E-state index is 12.5. The first-order chi connectivity index (χ1) is 9.10. The SMILES string of the molecule is CCC(C)(C)C(=O)OC12CC(C)CC(O)(CC(C)C1)C2. The van der Waals surface area contributed by atoms with Gasteiger partial charge in [-0.2, -0.15) is 0 Å². The van der Waals surface area contributed by atoms with Crippen molar-refractivity contribution in [3.05, 3.63) is 0 Å². The average Bonchev–Trinajstić information content (AvgIpc) is 2.24. The molecule has 0 radical (unpaired) electrons. The van der Waals surface area contributed by atoms with E-state index in [0.29, 0.717) is 18.3 Å². The molecule has 2 atom stereocenters. The van der Waals surface area contributed by atoms with Crippen LogP contribution >= 0.6 is 0 Å². The van der Waals surface area contributed by atoms with E-state index in [1.807, 2.05) is 20.8 Å². The van der Waals surface area contributed by atoms with Gasteiger partial charge >= 0.3 is 5.97 Å². The first-order valence-corrected chi connectivity index (χ1v) is 8.06. The van der Waals surface area contributed by atoms with Crippen LogP contribution in [-0.4, -0.2) is 22.3 Å². The van der Waals surface area contributed by atoms with Crippen LogP contribution in [0.15, 0.2) is 0 Å². The molecule has 3 nitrogen and oxygen atoms in total. The summed E-state index contributed by atoms with van der Waals surface area (Å²) in [6.07, 6.45) is 4.87. The number of carbonyl (C=O) groups is 1. The van der Waals surface area contributed by atoms with Gasteiger partial charge in [0.2, 0.25) is 0 Å². The lowest BCUT2D eigenvalue weighted by atomic mass is 9.60. The van der Waals surface area contributed by atoms with Crippen LogP contribution < -0.4 is 0 Å². The molecule has 0 heterocycles. The largest absolute Gasteiger partial charge is 0.459 e. The molecule has 1 N–H and O–H groups in total. The van der Waals surface area contributed by atoms with Crippen molar-refractivity contribution in [3.63, 3.8) is 0 Å². The Bertz CT molecular complexity index is 372. The first-order valence-electron chi connectivity index (χ1n) is 8.06. The highest BCUT2D eigenvalue weighted by molar-refractivity contribution is 5.76. The van der Waals surface area contributed by atoms with E-state index in [-0.39, 0.29) is 5.97 Å². The van der Waals surface area contributed by atoms with Crippen LogP contribution in [0.2, 0.25) is 0 Å². The van der Waals surface area contributed by atoms with E-state index in [1.165, 1.54) is 0 Å². The summed E-state index contributed by atoms with van der Waals surface area (Å²) < 4.78 is 6.01. The predicted octanol–water partition coefficient (Wildman–Crippen LogP) is 3.69. The molecule has 0 saturated heterocycles. The van der Waals surface area contributed by atoms with Crippen molar-refractivity contribution >= 4 is 5.97 Å². The Hall–Kier alpha value is -0.570. The monoisotopic (exact) mass is 282 g/mol. The van der Waals surface area contributed by atoms with Crippen molar-refractivity contribution in [2.24, 2.45) is 17.3 Å². The lowest BCUT2D eigenvalue weighted by molar-refractivity contribution is -0.205. The number of aliphatic hydroxyl groups is 1. The van der Waals surface area contributed by atoms with Crippen molar-refractivity contribution in [2.75, 3.05) is 0 Å². The highest BCUT2D eigenvalue weighted by Gasteiger charge is 2.54. The average molecular weight is 282 g/mol. The van der Waals surface area contributed by atoms with E-state index in [0.717, 1.165) is 32.1 Å². The number of fused-ring (bicyclic) bond motifs is 2. The van der Waals surface area contributed by atoms with Crippen LogP contribution in [-0.2, 0) is 9.53 Å². The van der Waals surface area contributed by atoms with Crippen molar-refractivity contribution in [3.8, 4) is 0 Å². The first kappa shape index (κ1) is 15.8. The molecular weight excluding hydrogens is 252 g/mol. The van der Waals surface area contributed by atoms with E-state index in [4.69, 9.17) is 4.74 Å². The summed E-state index contributed by atoms with van der Waals surface area (Å²) in [5, 5.41) is 10.8. The smallest absolute Gasteiger partial charge is 0.312 e. The van der Waals surface area contributed by atoms with Crippen molar-refractivity contribution in [2.45, 2.75) is 84.3 Å². The Morgan fingerprint density at radius 3 is 2.15 bits per heavy atom. The molecule has 2 aliphatic carbocycles. The van der Waals surface area contributed by atoms with Crippen LogP contribution in [0.25, 0.3) is 0 Å². The highest BCUT2D eigenvalue weighted by atomic mass is 16.6. The third-order valence-corrected chi connectivity index (χ3v) is 5.29. The molecule has 3 heteroatoms. The Kier molecular flexibility index (Phi) is 3.96. The summed E-state index contributed by atoms with van der Waals surface area (Å²) in [5.74, 6) is 0.725. The minimum Gasteiger partial charge on any atom is -0.459 e. The van der Waals surface area contributed by atoms with Crippen molar-refractivity contribution in [1.29, 1.82) is 0 Å². The molecular formula is C17H30O3. The zero-order valence-electron chi connectivity index (χ0n) is 13.7. The van der Waals surface area contributed by atoms with E-state index in [9.17, 15) is 9.90 Å². The van der Waals surface area contributed by atoms with Crippen LogP contribution in [0, 0.1) is 17.3 Å². The molecule has 2 saturated carbocycles. The van der Waals surface area contributed by atoms with Gasteiger partial charge in [-0.05, 0) is 57.8 Å². The van der Waals surface area contributed by atoms with Gasteiger partial charge in [0.25, 0.3) is 0 Å². The van der Waals surface area contributed by atoms with Gasteiger partial charge in [0, 0.05) is 6.42 Å². The maximum absolute atomic E-state index is 12.5. The van der Waals surface area contributed by atoms with Gasteiger partial charge in [-0.15, -0.1) is 0 Å². The topological polar surface area (TPSA) is 46.5 Å². The lowest BCUT2D eigenvalue weighted by Crippen LogP contribution is -2.56. The molecule has 2 bridgehead atoms. The second kappa shape index (κ2) is 5.01. The van der Waals surface area contributed by atoms with Gasteiger partial charge in [-0.25, -0.2) is 0 Å². The summed E-state index contributed by atoms with van der Waals surface area (Å²) in [7, 11) is 0. The van der Waals surface area contributed by atoms with Gasteiger partial charge < -0.3 is 9.84 Å². The minimum absolute atomic E-state index is 0.106. The molecule has 0 aliphatic heterocycles. The fraction of sp³-hybridized carbons (Fsp3) is 0.941. The molecule has 2 rings (SSSR count). The molecule has 2 unspecified atom stereocenters. The Balaban J connectivity index is 2.21. The molecule has 0 aromatic rings. The van der Waals surface area contributed by atoms with Gasteiger partial charge in [0.05, 0.1) is 11.0 Å². The molecule has 0 aromatic carbocycles. The third-order valence-electron chi connectivity index (χ3n) is 5.29. The lowest BCUT2D eigenvalue weighted by Gasteiger charge is -2.53. The van der Waals surface area contributed by atoms with E-state index in [2.05, 4.69) is 13.8 Å². The summed E-state index contributed by atoms with van der Waals surface area (Å²) >= 11 is 0. The summed E-state index contributed by atoms with van der Waals surface area (Å²) in [6, 6.07) is 0. The van der Waals surface area contributed by atoms with E-state index in [1.54, 1.807) is 0 Å². The van der Waals surface area contributed by atoms with E-state index < -0.39 is 16.6 Å². The third kappa shape index (κ3) is 3.03. The minimum atomic E-state index is -0.633. The van der Waals surface area contributed by atoms with Gasteiger partial charge in [-0.3, -0.25) is 4.79 Å². The van der Waals surface area contributed by atoms with Gasteiger partial charge in [-0.1, -0.05) is 20.8 Å². The quantitative estimate of drug-likeness (QED) is 0.803. The normalized spacial score (nSPS) is 41.3. The number of hydrogen-bond donors (Lipinski definition) is 1. The number of hydrogen-bond acceptors (Lipinski definition) is 3. The Labute approximate surface area is 123 Å². The summed E-state index contributed by atoms with van der Waals surface area (Å²) in [4.78, 5) is 12.5. The highest BCUT2D eigenvalue weighted by Crippen LogP contribution is 2.52. The predicted molar refractivity (Wildman–Crippen MR) is 79.3 cm³/mol. The number of ether oxygens (including phenoxy) is 1. The number of esters is 1. The zero-order chi connectivity index (χ0) is 15.2. The molecule has 20 heavy (non-hydrogen) atoms. The Morgan fingerprint density at radius 1 is 1.20 bits per heavy atom. The Morgan fingerprint density at radius 2 is 1.70 bits per heavy atom. The van der Waals surface area contributed by atoms with Crippen molar-refractivity contribution in [1.82, 2.24) is 0 Å². The second-order valence-electron chi connectivity index (χ2n) is 8.24. The van der Waals surface area contributed by atoms with Gasteiger partial charge in [0.15, 0.2) is 0 Å². The molecule has 0 amide bonds. The molecule has 0 spiro atoms.